The maximum Gasteiger partial charge on any atom is 0.132 e. The largest absolute Gasteiger partial charge is 0.309 e. The third-order valence-electron chi connectivity index (χ3n) is 4.17. The van der Waals surface area contributed by atoms with Crippen molar-refractivity contribution in [3.8, 4) is 0 Å². The summed E-state index contributed by atoms with van der Waals surface area (Å²) in [5.74, 6) is 0.882. The van der Waals surface area contributed by atoms with Gasteiger partial charge in [0.2, 0.25) is 0 Å². The highest BCUT2D eigenvalue weighted by molar-refractivity contribution is 5.79. The Morgan fingerprint density at radius 2 is 2.04 bits per heavy atom. The molecule has 0 aliphatic carbocycles. The molecule has 2 heterocycles. The minimum absolute atomic E-state index is 0.757. The first-order valence-corrected chi connectivity index (χ1v) is 8.55. The summed E-state index contributed by atoms with van der Waals surface area (Å²) in [6.45, 7) is 4.12. The average Bonchev–Trinajstić information content (AvgIpc) is 2.97. The molecule has 0 spiro atoms. The first-order chi connectivity index (χ1) is 11.7. The van der Waals surface area contributed by atoms with Crippen molar-refractivity contribution in [3.63, 3.8) is 0 Å². The molecule has 24 heavy (non-hydrogen) atoms. The van der Waals surface area contributed by atoms with Gasteiger partial charge in [-0.3, -0.25) is 4.68 Å². The maximum atomic E-state index is 4.61. The molecular formula is C19H25N5. The molecule has 0 radical (unpaired) electrons. The van der Waals surface area contributed by atoms with E-state index in [1.54, 1.807) is 0 Å². The lowest BCUT2D eigenvalue weighted by molar-refractivity contribution is 0.382. The number of rotatable bonds is 7. The molecule has 5 heteroatoms. The minimum Gasteiger partial charge on any atom is -0.309 e. The number of benzene rings is 1. The van der Waals surface area contributed by atoms with Crippen LogP contribution < -0.4 is 0 Å². The summed E-state index contributed by atoms with van der Waals surface area (Å²) in [7, 11) is 4.20. The molecule has 0 aliphatic rings. The maximum absolute atomic E-state index is 4.61. The number of hydrogen-bond donors (Lipinski definition) is 0. The number of nitrogens with zero attached hydrogens (tertiary/aromatic N) is 5. The van der Waals surface area contributed by atoms with Gasteiger partial charge in [-0.1, -0.05) is 19.1 Å². The summed E-state index contributed by atoms with van der Waals surface area (Å²) in [6, 6.07) is 8.49. The van der Waals surface area contributed by atoms with Gasteiger partial charge in [-0.15, -0.1) is 0 Å². The lowest BCUT2D eigenvalue weighted by Gasteiger charge is -2.10. The SMILES string of the molecule is CCc1ccnc(Cc2ccc3cnn(CCCN(C)C)c3c2)n1. The van der Waals surface area contributed by atoms with Crippen molar-refractivity contribution < 1.29 is 0 Å². The van der Waals surface area contributed by atoms with Crippen molar-refractivity contribution in [1.82, 2.24) is 24.6 Å². The third-order valence-corrected chi connectivity index (χ3v) is 4.17. The lowest BCUT2D eigenvalue weighted by atomic mass is 10.1. The van der Waals surface area contributed by atoms with E-state index in [0.717, 1.165) is 43.9 Å². The molecule has 0 bridgehead atoms. The van der Waals surface area contributed by atoms with Crippen molar-refractivity contribution in [2.45, 2.75) is 32.7 Å². The highest BCUT2D eigenvalue weighted by atomic mass is 15.3. The smallest absolute Gasteiger partial charge is 0.132 e. The van der Waals surface area contributed by atoms with Gasteiger partial charge in [-0.2, -0.15) is 5.10 Å². The normalized spacial score (nSPS) is 11.5. The van der Waals surface area contributed by atoms with Crippen LogP contribution in [0.1, 0.15) is 30.4 Å². The average molecular weight is 323 g/mol. The zero-order valence-electron chi connectivity index (χ0n) is 14.7. The van der Waals surface area contributed by atoms with E-state index >= 15 is 0 Å². The number of hydrogen-bond acceptors (Lipinski definition) is 4. The zero-order valence-corrected chi connectivity index (χ0v) is 14.7. The first kappa shape index (κ1) is 16.6. The monoisotopic (exact) mass is 323 g/mol. The van der Waals surface area contributed by atoms with Gasteiger partial charge in [0.05, 0.1) is 11.7 Å². The van der Waals surface area contributed by atoms with Crippen LogP contribution in [0.3, 0.4) is 0 Å². The molecule has 0 unspecified atom stereocenters. The highest BCUT2D eigenvalue weighted by Crippen LogP contribution is 2.18. The zero-order chi connectivity index (χ0) is 16.9. The highest BCUT2D eigenvalue weighted by Gasteiger charge is 2.06. The molecule has 0 saturated carbocycles. The van der Waals surface area contributed by atoms with Crippen LogP contribution in [0, 0.1) is 0 Å². The Kier molecular flexibility index (Phi) is 5.20. The summed E-state index contributed by atoms with van der Waals surface area (Å²) in [5.41, 5.74) is 3.51. The van der Waals surface area contributed by atoms with Crippen molar-refractivity contribution in [1.29, 1.82) is 0 Å². The number of fused-ring (bicyclic) bond motifs is 1. The van der Waals surface area contributed by atoms with Crippen LogP contribution in [0.15, 0.2) is 36.7 Å². The predicted octanol–water partition coefficient (Wildman–Crippen LogP) is 2.93. The Bertz CT molecular complexity index is 806. The fourth-order valence-electron chi connectivity index (χ4n) is 2.85. The van der Waals surface area contributed by atoms with Crippen molar-refractivity contribution in [3.05, 3.63) is 53.7 Å². The molecule has 0 aliphatic heterocycles. The lowest BCUT2D eigenvalue weighted by Crippen LogP contribution is -2.15. The van der Waals surface area contributed by atoms with Gasteiger partial charge in [0, 0.05) is 30.2 Å². The summed E-state index contributed by atoms with van der Waals surface area (Å²) in [6.07, 6.45) is 6.59. The Morgan fingerprint density at radius 1 is 1.17 bits per heavy atom. The Morgan fingerprint density at radius 3 is 2.83 bits per heavy atom. The molecule has 3 rings (SSSR count). The second-order valence-corrected chi connectivity index (χ2v) is 6.41. The Labute approximate surface area is 143 Å². The molecule has 0 saturated heterocycles. The molecule has 0 fully saturated rings. The molecule has 0 N–H and O–H groups in total. The second-order valence-electron chi connectivity index (χ2n) is 6.41. The summed E-state index contributed by atoms with van der Waals surface area (Å²) in [5, 5.41) is 5.72. The standard InChI is InChI=1S/C19H25N5/c1-4-17-8-9-20-19(22-17)13-15-6-7-16-14-21-24(18(16)12-15)11-5-10-23(2)3/h6-9,12,14H,4-5,10-11,13H2,1-3H3. The minimum atomic E-state index is 0.757. The van der Waals surface area contributed by atoms with Crippen LogP contribution in [0.2, 0.25) is 0 Å². The predicted molar refractivity (Wildman–Crippen MR) is 97.1 cm³/mol. The van der Waals surface area contributed by atoms with Crippen molar-refractivity contribution in [2.75, 3.05) is 20.6 Å². The van der Waals surface area contributed by atoms with E-state index < -0.39 is 0 Å². The van der Waals surface area contributed by atoms with Gasteiger partial charge in [0.1, 0.15) is 5.82 Å². The fourth-order valence-corrected chi connectivity index (χ4v) is 2.85. The topological polar surface area (TPSA) is 46.8 Å². The first-order valence-electron chi connectivity index (χ1n) is 8.55. The molecule has 2 aromatic heterocycles. The van der Waals surface area contributed by atoms with Crippen LogP contribution in [0.4, 0.5) is 0 Å². The molecule has 0 amide bonds. The van der Waals surface area contributed by atoms with E-state index in [2.05, 4.69) is 63.9 Å². The van der Waals surface area contributed by atoms with Gasteiger partial charge in [0.25, 0.3) is 0 Å². The molecular weight excluding hydrogens is 298 g/mol. The van der Waals surface area contributed by atoms with Crippen molar-refractivity contribution >= 4 is 10.9 Å². The van der Waals surface area contributed by atoms with Gasteiger partial charge < -0.3 is 4.90 Å². The molecule has 3 aromatic rings. The summed E-state index contributed by atoms with van der Waals surface area (Å²) >= 11 is 0. The quantitative estimate of drug-likeness (QED) is 0.671. The van der Waals surface area contributed by atoms with Crippen LogP contribution in [-0.4, -0.2) is 45.3 Å². The summed E-state index contributed by atoms with van der Waals surface area (Å²) in [4.78, 5) is 11.2. The van der Waals surface area contributed by atoms with Crippen molar-refractivity contribution in [2.24, 2.45) is 0 Å². The molecule has 5 nitrogen and oxygen atoms in total. The van der Waals surface area contributed by atoms with E-state index in [0.29, 0.717) is 0 Å². The van der Waals surface area contributed by atoms with Crippen LogP contribution in [-0.2, 0) is 19.4 Å². The number of aromatic nitrogens is 4. The number of aryl methyl sites for hydroxylation is 2. The van der Waals surface area contributed by atoms with E-state index in [1.165, 1.54) is 16.5 Å². The van der Waals surface area contributed by atoms with Crippen LogP contribution in [0.5, 0.6) is 0 Å². The molecule has 0 atom stereocenters. The molecule has 1 aromatic carbocycles. The van der Waals surface area contributed by atoms with Gasteiger partial charge in [0.15, 0.2) is 0 Å². The summed E-state index contributed by atoms with van der Waals surface area (Å²) < 4.78 is 2.10. The van der Waals surface area contributed by atoms with Crippen LogP contribution in [0.25, 0.3) is 10.9 Å². The Balaban J connectivity index is 1.79. The van der Waals surface area contributed by atoms with E-state index in [-0.39, 0.29) is 0 Å². The van der Waals surface area contributed by atoms with Gasteiger partial charge in [-0.25, -0.2) is 9.97 Å². The van der Waals surface area contributed by atoms with Gasteiger partial charge >= 0.3 is 0 Å². The fraction of sp³-hybridized carbons (Fsp3) is 0.421. The third kappa shape index (κ3) is 3.97. The molecule has 126 valence electrons. The van der Waals surface area contributed by atoms with Crippen LogP contribution >= 0.6 is 0 Å². The van der Waals surface area contributed by atoms with E-state index in [9.17, 15) is 0 Å². The van der Waals surface area contributed by atoms with Gasteiger partial charge in [-0.05, 0) is 51.2 Å². The van der Waals surface area contributed by atoms with E-state index in [4.69, 9.17) is 0 Å². The Hall–Kier alpha value is -2.27. The van der Waals surface area contributed by atoms with E-state index in [1.807, 2.05) is 18.5 Å². The second kappa shape index (κ2) is 7.53.